The monoisotopic (exact) mass is 274 g/mol. The van der Waals surface area contributed by atoms with Crippen LogP contribution in [0.1, 0.15) is 56.6 Å². The van der Waals surface area contributed by atoms with Gasteiger partial charge in [-0.2, -0.15) is 0 Å². The smallest absolute Gasteiger partial charge is 0.335 e. The highest BCUT2D eigenvalue weighted by Gasteiger charge is 2.19. The molecule has 0 aromatic carbocycles. The maximum atomic E-state index is 11.2. The molecule has 1 aromatic rings. The molecule has 0 bridgehead atoms. The van der Waals surface area contributed by atoms with E-state index in [4.69, 9.17) is 6.42 Å². The third-order valence-electron chi connectivity index (χ3n) is 3.05. The van der Waals surface area contributed by atoms with E-state index in [1.165, 1.54) is 0 Å². The van der Waals surface area contributed by atoms with Crippen LogP contribution in [0.4, 0.5) is 5.82 Å². The number of hydrogen-bond acceptors (Lipinski definition) is 3. The molecule has 1 unspecified atom stereocenters. The molecule has 0 aliphatic heterocycles. The van der Waals surface area contributed by atoms with E-state index in [1.807, 2.05) is 27.7 Å². The van der Waals surface area contributed by atoms with Crippen LogP contribution in [0.3, 0.4) is 0 Å². The number of aromatic carboxylic acids is 1. The van der Waals surface area contributed by atoms with Crippen LogP contribution < -0.4 is 5.32 Å². The molecule has 0 radical (unpaired) electrons. The average molecular weight is 274 g/mol. The Labute approximate surface area is 120 Å². The molecule has 1 aromatic heterocycles. The van der Waals surface area contributed by atoms with Gasteiger partial charge in [-0.1, -0.05) is 27.7 Å². The van der Waals surface area contributed by atoms with E-state index in [0.717, 1.165) is 12.1 Å². The number of nitrogens with one attached hydrogen (secondary N) is 1. The molecular weight excluding hydrogens is 252 g/mol. The van der Waals surface area contributed by atoms with Gasteiger partial charge in [-0.3, -0.25) is 0 Å². The van der Waals surface area contributed by atoms with Crippen molar-refractivity contribution in [2.45, 2.75) is 52.0 Å². The van der Waals surface area contributed by atoms with Crippen molar-refractivity contribution in [3.63, 3.8) is 0 Å². The number of hydrogen-bond donors (Lipinski definition) is 2. The van der Waals surface area contributed by atoms with Crippen molar-refractivity contribution in [1.29, 1.82) is 0 Å². The number of carbonyl (C=O) groups is 1. The standard InChI is InChI=1S/C16H22N2O2/c1-6-8-12(7-2)17-14-10-11(15(19)20)9-13(18-14)16(3,4)5/h1,9-10,12H,7-8H2,2-5H3,(H,17,18)(H,19,20). The van der Waals surface area contributed by atoms with E-state index in [2.05, 4.69) is 16.2 Å². The van der Waals surface area contributed by atoms with Gasteiger partial charge in [0.2, 0.25) is 0 Å². The van der Waals surface area contributed by atoms with E-state index < -0.39 is 5.97 Å². The van der Waals surface area contributed by atoms with Crippen LogP contribution in [0.5, 0.6) is 0 Å². The zero-order valence-corrected chi connectivity index (χ0v) is 12.5. The Balaban J connectivity index is 3.16. The number of terminal acetylenes is 1. The highest BCUT2D eigenvalue weighted by atomic mass is 16.4. The fourth-order valence-corrected chi connectivity index (χ4v) is 1.76. The molecule has 1 rings (SSSR count). The van der Waals surface area contributed by atoms with Gasteiger partial charge in [0.1, 0.15) is 5.82 Å². The van der Waals surface area contributed by atoms with E-state index in [1.54, 1.807) is 12.1 Å². The first kappa shape index (κ1) is 16.0. The fourth-order valence-electron chi connectivity index (χ4n) is 1.76. The van der Waals surface area contributed by atoms with Crippen LogP contribution in [0.15, 0.2) is 12.1 Å². The molecule has 20 heavy (non-hydrogen) atoms. The molecule has 2 N–H and O–H groups in total. The van der Waals surface area contributed by atoms with Gasteiger partial charge >= 0.3 is 5.97 Å². The van der Waals surface area contributed by atoms with E-state index in [9.17, 15) is 9.90 Å². The minimum Gasteiger partial charge on any atom is -0.478 e. The second-order valence-corrected chi connectivity index (χ2v) is 5.84. The van der Waals surface area contributed by atoms with Crippen LogP contribution >= 0.6 is 0 Å². The Bertz CT molecular complexity index is 524. The summed E-state index contributed by atoms with van der Waals surface area (Å²) in [7, 11) is 0. The molecule has 4 heteroatoms. The minimum atomic E-state index is -0.953. The Kier molecular flexibility index (Phi) is 5.15. The maximum absolute atomic E-state index is 11.2. The molecule has 1 atom stereocenters. The van der Waals surface area contributed by atoms with Gasteiger partial charge in [0.15, 0.2) is 0 Å². The number of pyridine rings is 1. The molecule has 0 saturated carbocycles. The number of nitrogens with zero attached hydrogens (tertiary/aromatic N) is 1. The summed E-state index contributed by atoms with van der Waals surface area (Å²) >= 11 is 0. The van der Waals surface area contributed by atoms with Crippen LogP contribution in [-0.4, -0.2) is 22.1 Å². The van der Waals surface area contributed by atoms with E-state index in [0.29, 0.717) is 12.2 Å². The summed E-state index contributed by atoms with van der Waals surface area (Å²) in [5, 5.41) is 12.4. The van der Waals surface area contributed by atoms with Crippen molar-refractivity contribution in [2.24, 2.45) is 0 Å². The minimum absolute atomic E-state index is 0.101. The molecular formula is C16H22N2O2. The van der Waals surface area contributed by atoms with Crippen molar-refractivity contribution in [3.8, 4) is 12.3 Å². The SMILES string of the molecule is C#CCC(CC)Nc1cc(C(=O)O)cc(C(C)(C)C)n1. The lowest BCUT2D eigenvalue weighted by molar-refractivity contribution is 0.0696. The van der Waals surface area contributed by atoms with Crippen molar-refractivity contribution in [2.75, 3.05) is 5.32 Å². The number of anilines is 1. The Morgan fingerprint density at radius 2 is 2.15 bits per heavy atom. The van der Waals surface area contributed by atoms with Crippen molar-refractivity contribution in [1.82, 2.24) is 4.98 Å². The maximum Gasteiger partial charge on any atom is 0.335 e. The summed E-state index contributed by atoms with van der Waals surface area (Å²) < 4.78 is 0. The third kappa shape index (κ3) is 4.27. The van der Waals surface area contributed by atoms with Gasteiger partial charge in [-0.25, -0.2) is 9.78 Å². The van der Waals surface area contributed by atoms with Crippen LogP contribution in [0, 0.1) is 12.3 Å². The molecule has 0 saturated heterocycles. The first-order valence-electron chi connectivity index (χ1n) is 6.73. The predicted octanol–water partition coefficient (Wildman–Crippen LogP) is 3.29. The van der Waals surface area contributed by atoms with Crippen molar-refractivity contribution >= 4 is 11.8 Å². The average Bonchev–Trinajstić information content (AvgIpc) is 2.36. The van der Waals surface area contributed by atoms with E-state index >= 15 is 0 Å². The van der Waals surface area contributed by atoms with Gasteiger partial charge in [0.25, 0.3) is 0 Å². The molecule has 0 spiro atoms. The first-order valence-corrected chi connectivity index (χ1v) is 6.73. The van der Waals surface area contributed by atoms with Crippen LogP contribution in [0.2, 0.25) is 0 Å². The number of carboxylic acids is 1. The van der Waals surface area contributed by atoms with Crippen molar-refractivity contribution < 1.29 is 9.90 Å². The largest absolute Gasteiger partial charge is 0.478 e. The molecule has 0 aliphatic carbocycles. The molecule has 4 nitrogen and oxygen atoms in total. The predicted molar refractivity (Wildman–Crippen MR) is 81.0 cm³/mol. The summed E-state index contributed by atoms with van der Waals surface area (Å²) in [6.07, 6.45) is 6.77. The molecule has 1 heterocycles. The lowest BCUT2D eigenvalue weighted by Gasteiger charge is -2.21. The van der Waals surface area contributed by atoms with Crippen LogP contribution in [0.25, 0.3) is 0 Å². The topological polar surface area (TPSA) is 62.2 Å². The molecule has 0 amide bonds. The summed E-state index contributed by atoms with van der Waals surface area (Å²) in [5.74, 6) is 2.23. The third-order valence-corrected chi connectivity index (χ3v) is 3.05. The van der Waals surface area contributed by atoms with Gasteiger partial charge in [0.05, 0.1) is 5.56 Å². The van der Waals surface area contributed by atoms with Crippen molar-refractivity contribution in [3.05, 3.63) is 23.4 Å². The Morgan fingerprint density at radius 3 is 2.60 bits per heavy atom. The number of aromatic nitrogens is 1. The molecule has 0 fully saturated rings. The van der Waals surface area contributed by atoms with Gasteiger partial charge in [0, 0.05) is 23.6 Å². The van der Waals surface area contributed by atoms with Gasteiger partial charge in [-0.05, 0) is 18.6 Å². The summed E-state index contributed by atoms with van der Waals surface area (Å²) in [5.41, 5.74) is 0.772. The van der Waals surface area contributed by atoms with Gasteiger partial charge in [-0.15, -0.1) is 12.3 Å². The van der Waals surface area contributed by atoms with Gasteiger partial charge < -0.3 is 10.4 Å². The Hall–Kier alpha value is -2.02. The summed E-state index contributed by atoms with van der Waals surface area (Å²) in [6.45, 7) is 8.04. The van der Waals surface area contributed by atoms with E-state index in [-0.39, 0.29) is 17.0 Å². The fraction of sp³-hybridized carbons (Fsp3) is 0.500. The lowest BCUT2D eigenvalue weighted by Crippen LogP contribution is -2.21. The lowest BCUT2D eigenvalue weighted by atomic mass is 9.90. The zero-order valence-electron chi connectivity index (χ0n) is 12.5. The highest BCUT2D eigenvalue weighted by molar-refractivity contribution is 5.88. The summed E-state index contributed by atoms with van der Waals surface area (Å²) in [4.78, 5) is 15.7. The molecule has 108 valence electrons. The Morgan fingerprint density at radius 1 is 1.50 bits per heavy atom. The first-order chi connectivity index (χ1) is 9.27. The quantitative estimate of drug-likeness (QED) is 0.809. The second-order valence-electron chi connectivity index (χ2n) is 5.84. The summed E-state index contributed by atoms with van der Waals surface area (Å²) in [6, 6.07) is 3.27. The normalized spacial score (nSPS) is 12.6. The van der Waals surface area contributed by atoms with Crippen LogP contribution in [-0.2, 0) is 5.41 Å². The highest BCUT2D eigenvalue weighted by Crippen LogP contribution is 2.24. The molecule has 0 aliphatic rings. The second kappa shape index (κ2) is 6.42. The number of carboxylic acid groups (broad SMARTS) is 1. The number of rotatable bonds is 5. The zero-order chi connectivity index (χ0) is 15.3.